The van der Waals surface area contributed by atoms with Crippen LogP contribution in [0.1, 0.15) is 25.8 Å². The Morgan fingerprint density at radius 2 is 2.25 bits per heavy atom. The minimum absolute atomic E-state index is 0.784. The Kier molecular flexibility index (Phi) is 4.30. The molecule has 0 amide bonds. The highest BCUT2D eigenvalue weighted by molar-refractivity contribution is 8.00. The smallest absolute Gasteiger partial charge is 0.0138 e. The number of fused-ring (bicyclic) bond motifs is 1. The fourth-order valence-electron chi connectivity index (χ4n) is 2.31. The standard InChI is InChI=1S/C14H21NS/c1-3-15-10-11(2)8-13-9-12-6-4-5-7-14(12)16-13/h4-7,11,13,15H,3,8-10H2,1-2H3. The average molecular weight is 235 g/mol. The van der Waals surface area contributed by atoms with E-state index in [1.165, 1.54) is 17.7 Å². The third-order valence-corrected chi connectivity index (χ3v) is 4.47. The van der Waals surface area contributed by atoms with Gasteiger partial charge in [-0.3, -0.25) is 0 Å². The fourth-order valence-corrected chi connectivity index (χ4v) is 3.81. The fraction of sp³-hybridized carbons (Fsp3) is 0.571. The van der Waals surface area contributed by atoms with E-state index >= 15 is 0 Å². The molecule has 2 atom stereocenters. The van der Waals surface area contributed by atoms with Crippen molar-refractivity contribution >= 4 is 11.8 Å². The Labute approximate surface area is 103 Å². The van der Waals surface area contributed by atoms with Gasteiger partial charge in [0.2, 0.25) is 0 Å². The van der Waals surface area contributed by atoms with Crippen LogP contribution in [-0.4, -0.2) is 18.3 Å². The summed E-state index contributed by atoms with van der Waals surface area (Å²) in [6, 6.07) is 8.84. The molecule has 0 aliphatic carbocycles. The molecule has 0 spiro atoms. The van der Waals surface area contributed by atoms with Gasteiger partial charge in [0, 0.05) is 10.1 Å². The highest BCUT2D eigenvalue weighted by Gasteiger charge is 2.23. The Morgan fingerprint density at radius 3 is 3.00 bits per heavy atom. The van der Waals surface area contributed by atoms with Gasteiger partial charge in [0.15, 0.2) is 0 Å². The molecule has 0 saturated heterocycles. The minimum atomic E-state index is 0.784. The Hall–Kier alpha value is -0.470. The molecule has 1 aliphatic heterocycles. The van der Waals surface area contributed by atoms with Crippen molar-refractivity contribution in [1.82, 2.24) is 5.32 Å². The van der Waals surface area contributed by atoms with Crippen LogP contribution in [0, 0.1) is 5.92 Å². The molecule has 0 saturated carbocycles. The summed E-state index contributed by atoms with van der Waals surface area (Å²) in [4.78, 5) is 1.50. The van der Waals surface area contributed by atoms with Crippen LogP contribution in [0.5, 0.6) is 0 Å². The molecule has 1 heterocycles. The summed E-state index contributed by atoms with van der Waals surface area (Å²) in [5.41, 5.74) is 1.55. The van der Waals surface area contributed by atoms with Gasteiger partial charge in [0.1, 0.15) is 0 Å². The van der Waals surface area contributed by atoms with E-state index in [4.69, 9.17) is 0 Å². The van der Waals surface area contributed by atoms with Crippen LogP contribution in [0.15, 0.2) is 29.2 Å². The summed E-state index contributed by atoms with van der Waals surface area (Å²) in [5, 5.41) is 4.23. The van der Waals surface area contributed by atoms with Gasteiger partial charge < -0.3 is 5.32 Å². The molecule has 0 bridgehead atoms. The second-order valence-corrected chi connectivity index (χ2v) is 6.04. The Morgan fingerprint density at radius 1 is 1.44 bits per heavy atom. The van der Waals surface area contributed by atoms with Gasteiger partial charge in [-0.15, -0.1) is 11.8 Å². The molecule has 2 heteroatoms. The number of benzene rings is 1. The van der Waals surface area contributed by atoms with E-state index in [2.05, 4.69) is 55.2 Å². The van der Waals surface area contributed by atoms with E-state index in [0.717, 1.165) is 24.3 Å². The maximum atomic E-state index is 3.43. The van der Waals surface area contributed by atoms with Crippen molar-refractivity contribution in [2.24, 2.45) is 5.92 Å². The summed E-state index contributed by atoms with van der Waals surface area (Å²) in [5.74, 6) is 0.784. The van der Waals surface area contributed by atoms with Gasteiger partial charge in [0.25, 0.3) is 0 Å². The van der Waals surface area contributed by atoms with Crippen LogP contribution in [0.2, 0.25) is 0 Å². The van der Waals surface area contributed by atoms with Gasteiger partial charge in [-0.1, -0.05) is 32.0 Å². The van der Waals surface area contributed by atoms with Crippen molar-refractivity contribution in [3.63, 3.8) is 0 Å². The lowest BCUT2D eigenvalue weighted by molar-refractivity contribution is 0.482. The first-order chi connectivity index (χ1) is 7.79. The minimum Gasteiger partial charge on any atom is -0.317 e. The van der Waals surface area contributed by atoms with Crippen LogP contribution in [0.4, 0.5) is 0 Å². The molecule has 88 valence electrons. The zero-order valence-electron chi connectivity index (χ0n) is 10.2. The second-order valence-electron chi connectivity index (χ2n) is 4.70. The molecule has 1 aromatic carbocycles. The molecule has 1 aliphatic rings. The molecule has 2 unspecified atom stereocenters. The SMILES string of the molecule is CCNCC(C)CC1Cc2ccccc2S1. The van der Waals surface area contributed by atoms with Gasteiger partial charge in [0.05, 0.1) is 0 Å². The van der Waals surface area contributed by atoms with E-state index < -0.39 is 0 Å². The van der Waals surface area contributed by atoms with Crippen LogP contribution >= 0.6 is 11.8 Å². The first-order valence-electron chi connectivity index (χ1n) is 6.25. The zero-order chi connectivity index (χ0) is 11.4. The Balaban J connectivity index is 1.82. The maximum Gasteiger partial charge on any atom is 0.0138 e. The van der Waals surface area contributed by atoms with Gasteiger partial charge >= 0.3 is 0 Å². The number of thioether (sulfide) groups is 1. The van der Waals surface area contributed by atoms with Gasteiger partial charge in [-0.05, 0) is 43.5 Å². The summed E-state index contributed by atoms with van der Waals surface area (Å²) in [6.45, 7) is 6.77. The van der Waals surface area contributed by atoms with Crippen molar-refractivity contribution in [2.75, 3.05) is 13.1 Å². The lowest BCUT2D eigenvalue weighted by atomic mass is 10.0. The highest BCUT2D eigenvalue weighted by atomic mass is 32.2. The van der Waals surface area contributed by atoms with E-state index in [1.54, 1.807) is 5.56 Å². The lowest BCUT2D eigenvalue weighted by Gasteiger charge is -2.15. The van der Waals surface area contributed by atoms with Gasteiger partial charge in [-0.25, -0.2) is 0 Å². The molecule has 16 heavy (non-hydrogen) atoms. The third kappa shape index (κ3) is 3.02. The normalized spacial score (nSPS) is 20.8. The first-order valence-corrected chi connectivity index (χ1v) is 7.12. The number of rotatable bonds is 5. The summed E-state index contributed by atoms with van der Waals surface area (Å²) >= 11 is 2.07. The summed E-state index contributed by atoms with van der Waals surface area (Å²) in [6.07, 6.45) is 2.59. The van der Waals surface area contributed by atoms with Crippen LogP contribution < -0.4 is 5.32 Å². The first kappa shape index (κ1) is 12.0. The monoisotopic (exact) mass is 235 g/mol. The molecule has 1 N–H and O–H groups in total. The maximum absolute atomic E-state index is 3.43. The average Bonchev–Trinajstić information content (AvgIpc) is 2.68. The molecule has 1 nitrogen and oxygen atoms in total. The van der Waals surface area contributed by atoms with E-state index in [9.17, 15) is 0 Å². The van der Waals surface area contributed by atoms with Crippen molar-refractivity contribution in [3.05, 3.63) is 29.8 Å². The topological polar surface area (TPSA) is 12.0 Å². The number of nitrogens with one attached hydrogen (secondary N) is 1. The molecule has 1 aromatic rings. The molecule has 0 radical (unpaired) electrons. The van der Waals surface area contributed by atoms with Crippen molar-refractivity contribution in [2.45, 2.75) is 36.8 Å². The van der Waals surface area contributed by atoms with Crippen LogP contribution in [0.3, 0.4) is 0 Å². The zero-order valence-corrected chi connectivity index (χ0v) is 11.0. The van der Waals surface area contributed by atoms with Crippen molar-refractivity contribution in [1.29, 1.82) is 0 Å². The summed E-state index contributed by atoms with van der Waals surface area (Å²) in [7, 11) is 0. The van der Waals surface area contributed by atoms with Crippen molar-refractivity contribution in [3.8, 4) is 0 Å². The predicted octanol–water partition coefficient (Wildman–Crippen LogP) is 3.34. The summed E-state index contributed by atoms with van der Waals surface area (Å²) < 4.78 is 0. The molecule has 0 fully saturated rings. The largest absolute Gasteiger partial charge is 0.317 e. The van der Waals surface area contributed by atoms with Crippen LogP contribution in [-0.2, 0) is 6.42 Å². The lowest BCUT2D eigenvalue weighted by Crippen LogP contribution is -2.23. The quantitative estimate of drug-likeness (QED) is 0.840. The van der Waals surface area contributed by atoms with E-state index in [0.29, 0.717) is 0 Å². The van der Waals surface area contributed by atoms with E-state index in [1.807, 2.05) is 0 Å². The van der Waals surface area contributed by atoms with Crippen molar-refractivity contribution < 1.29 is 0 Å². The number of hydrogen-bond acceptors (Lipinski definition) is 2. The Bertz CT molecular complexity index is 312. The second kappa shape index (κ2) is 5.74. The van der Waals surface area contributed by atoms with E-state index in [-0.39, 0.29) is 0 Å². The van der Waals surface area contributed by atoms with Crippen LogP contribution in [0.25, 0.3) is 0 Å². The highest BCUT2D eigenvalue weighted by Crippen LogP contribution is 2.39. The molecular weight excluding hydrogens is 214 g/mol. The molecular formula is C14H21NS. The predicted molar refractivity (Wildman–Crippen MR) is 72.1 cm³/mol. The molecule has 2 rings (SSSR count). The third-order valence-electron chi connectivity index (χ3n) is 3.12. The van der Waals surface area contributed by atoms with Gasteiger partial charge in [-0.2, -0.15) is 0 Å². The number of hydrogen-bond donors (Lipinski definition) is 1. The molecule has 0 aromatic heterocycles.